The number of piperidine rings is 1. The van der Waals surface area contributed by atoms with E-state index in [9.17, 15) is 9.59 Å². The normalized spacial score (nSPS) is 19.7. The largest absolute Gasteiger partial charge is 0.480 e. The summed E-state index contributed by atoms with van der Waals surface area (Å²) in [4.78, 5) is 27.8. The maximum absolute atomic E-state index is 12.9. The zero-order valence-corrected chi connectivity index (χ0v) is 14.6. The number of hydrogen-bond donors (Lipinski definition) is 1. The number of amides is 1. The molecule has 1 heterocycles. The molecule has 1 amide bonds. The lowest BCUT2D eigenvalue weighted by molar-refractivity contribution is -0.149. The highest BCUT2D eigenvalue weighted by Gasteiger charge is 2.31. The van der Waals surface area contributed by atoms with Gasteiger partial charge in [0.2, 0.25) is 5.91 Å². The number of carbonyl (C=O) groups is 2. The van der Waals surface area contributed by atoms with E-state index >= 15 is 0 Å². The van der Waals surface area contributed by atoms with Gasteiger partial charge in [-0.25, -0.2) is 0 Å². The Kier molecular flexibility index (Phi) is 6.79. The predicted molar refractivity (Wildman–Crippen MR) is 93.5 cm³/mol. The molecule has 2 rings (SSSR count). The SMILES string of the molecule is CC[C@H](C)N(CC(=O)O)C(=O)[C@H]1CCCN(Cc2ccccc2)C1. The minimum Gasteiger partial charge on any atom is -0.480 e. The number of carbonyl (C=O) groups excluding carboxylic acids is 1. The van der Waals surface area contributed by atoms with E-state index in [2.05, 4.69) is 17.0 Å². The zero-order valence-electron chi connectivity index (χ0n) is 14.6. The number of rotatable bonds is 7. The third-order valence-electron chi connectivity index (χ3n) is 4.82. The first-order valence-electron chi connectivity index (χ1n) is 8.79. The fourth-order valence-corrected chi connectivity index (χ4v) is 3.29. The predicted octanol–water partition coefficient (Wildman–Crippen LogP) is 2.61. The van der Waals surface area contributed by atoms with E-state index in [1.165, 1.54) is 5.56 Å². The molecule has 1 aliphatic rings. The van der Waals surface area contributed by atoms with Crippen LogP contribution in [0, 0.1) is 5.92 Å². The lowest BCUT2D eigenvalue weighted by Crippen LogP contribution is -2.49. The molecule has 1 aliphatic heterocycles. The highest BCUT2D eigenvalue weighted by molar-refractivity contribution is 5.83. The van der Waals surface area contributed by atoms with E-state index in [0.717, 1.165) is 32.4 Å². The Morgan fingerprint density at radius 1 is 1.33 bits per heavy atom. The minimum absolute atomic E-state index is 0.00971. The van der Waals surface area contributed by atoms with Crippen molar-refractivity contribution >= 4 is 11.9 Å². The summed E-state index contributed by atoms with van der Waals surface area (Å²) in [7, 11) is 0. The second-order valence-corrected chi connectivity index (χ2v) is 6.68. The molecule has 1 saturated heterocycles. The standard InChI is InChI=1S/C19H28N2O3/c1-3-15(2)21(14-18(22)23)19(24)17-10-7-11-20(13-17)12-16-8-5-4-6-9-16/h4-6,8-9,15,17H,3,7,10-14H2,1-2H3,(H,22,23)/t15-,17-/m0/s1. The van der Waals surface area contributed by atoms with E-state index in [4.69, 9.17) is 5.11 Å². The number of likely N-dealkylation sites (tertiary alicyclic amines) is 1. The Labute approximate surface area is 144 Å². The van der Waals surface area contributed by atoms with Crippen LogP contribution in [0.1, 0.15) is 38.7 Å². The molecular weight excluding hydrogens is 304 g/mol. The van der Waals surface area contributed by atoms with E-state index in [1.54, 1.807) is 4.90 Å². The Hall–Kier alpha value is -1.88. The van der Waals surface area contributed by atoms with Gasteiger partial charge < -0.3 is 10.0 Å². The quantitative estimate of drug-likeness (QED) is 0.834. The Balaban J connectivity index is 2.01. The summed E-state index contributed by atoms with van der Waals surface area (Å²) in [6, 6.07) is 10.2. The van der Waals surface area contributed by atoms with Gasteiger partial charge in [0.1, 0.15) is 6.54 Å². The van der Waals surface area contributed by atoms with Crippen molar-refractivity contribution in [2.75, 3.05) is 19.6 Å². The second-order valence-electron chi connectivity index (χ2n) is 6.68. The summed E-state index contributed by atoms with van der Waals surface area (Å²) in [5, 5.41) is 9.12. The van der Waals surface area contributed by atoms with Crippen LogP contribution in [-0.4, -0.2) is 52.5 Å². The molecule has 0 aromatic heterocycles. The number of nitrogens with zero attached hydrogens (tertiary/aromatic N) is 2. The Morgan fingerprint density at radius 2 is 2.04 bits per heavy atom. The molecule has 0 spiro atoms. The summed E-state index contributed by atoms with van der Waals surface area (Å²) in [6.45, 7) is 6.23. The van der Waals surface area contributed by atoms with E-state index in [1.807, 2.05) is 32.0 Å². The molecule has 132 valence electrons. The van der Waals surface area contributed by atoms with Gasteiger partial charge in [0, 0.05) is 19.1 Å². The van der Waals surface area contributed by atoms with Crippen LogP contribution in [0.5, 0.6) is 0 Å². The smallest absolute Gasteiger partial charge is 0.323 e. The number of carboxylic acid groups (broad SMARTS) is 1. The van der Waals surface area contributed by atoms with Crippen LogP contribution in [0.3, 0.4) is 0 Å². The molecule has 5 nitrogen and oxygen atoms in total. The third kappa shape index (κ3) is 5.06. The van der Waals surface area contributed by atoms with Crippen molar-refractivity contribution in [1.82, 2.24) is 9.80 Å². The zero-order chi connectivity index (χ0) is 17.5. The van der Waals surface area contributed by atoms with Gasteiger partial charge in [-0.15, -0.1) is 0 Å². The third-order valence-corrected chi connectivity index (χ3v) is 4.82. The lowest BCUT2D eigenvalue weighted by atomic mass is 9.95. The van der Waals surface area contributed by atoms with E-state index in [0.29, 0.717) is 6.54 Å². The highest BCUT2D eigenvalue weighted by Crippen LogP contribution is 2.22. The molecule has 1 aromatic rings. The summed E-state index contributed by atoms with van der Waals surface area (Å²) in [5.74, 6) is -1.05. The maximum atomic E-state index is 12.9. The van der Waals surface area contributed by atoms with Crippen LogP contribution in [0.25, 0.3) is 0 Å². The lowest BCUT2D eigenvalue weighted by Gasteiger charge is -2.36. The van der Waals surface area contributed by atoms with Crippen molar-refractivity contribution in [3.05, 3.63) is 35.9 Å². The van der Waals surface area contributed by atoms with Crippen molar-refractivity contribution in [1.29, 1.82) is 0 Å². The van der Waals surface area contributed by atoms with Gasteiger partial charge in [-0.05, 0) is 38.3 Å². The number of carboxylic acids is 1. The van der Waals surface area contributed by atoms with Gasteiger partial charge in [0.05, 0.1) is 5.92 Å². The van der Waals surface area contributed by atoms with Crippen molar-refractivity contribution in [3.8, 4) is 0 Å². The van der Waals surface area contributed by atoms with Crippen LogP contribution in [0.4, 0.5) is 0 Å². The molecule has 0 saturated carbocycles. The Morgan fingerprint density at radius 3 is 2.67 bits per heavy atom. The van der Waals surface area contributed by atoms with Gasteiger partial charge in [-0.2, -0.15) is 0 Å². The maximum Gasteiger partial charge on any atom is 0.323 e. The fraction of sp³-hybridized carbons (Fsp3) is 0.579. The molecule has 0 bridgehead atoms. The van der Waals surface area contributed by atoms with Gasteiger partial charge in [0.25, 0.3) is 0 Å². The van der Waals surface area contributed by atoms with Crippen molar-refractivity contribution < 1.29 is 14.7 Å². The summed E-state index contributed by atoms with van der Waals surface area (Å²) < 4.78 is 0. The first-order valence-corrected chi connectivity index (χ1v) is 8.79. The van der Waals surface area contributed by atoms with Gasteiger partial charge in [0.15, 0.2) is 0 Å². The van der Waals surface area contributed by atoms with Crippen LogP contribution in [-0.2, 0) is 16.1 Å². The Bertz CT molecular complexity index is 547. The van der Waals surface area contributed by atoms with Crippen LogP contribution < -0.4 is 0 Å². The topological polar surface area (TPSA) is 60.9 Å². The van der Waals surface area contributed by atoms with Gasteiger partial charge in [-0.3, -0.25) is 14.5 Å². The second kappa shape index (κ2) is 8.83. The molecule has 5 heteroatoms. The van der Waals surface area contributed by atoms with E-state index in [-0.39, 0.29) is 24.4 Å². The van der Waals surface area contributed by atoms with Crippen molar-refractivity contribution in [2.24, 2.45) is 5.92 Å². The minimum atomic E-state index is -0.944. The van der Waals surface area contributed by atoms with Gasteiger partial charge >= 0.3 is 5.97 Å². The average Bonchev–Trinajstić information content (AvgIpc) is 2.59. The average molecular weight is 332 g/mol. The van der Waals surface area contributed by atoms with Crippen molar-refractivity contribution in [2.45, 2.75) is 45.7 Å². The molecular formula is C19H28N2O3. The molecule has 1 fully saturated rings. The summed E-state index contributed by atoms with van der Waals surface area (Å²) in [6.07, 6.45) is 2.58. The number of hydrogen-bond acceptors (Lipinski definition) is 3. The molecule has 1 N–H and O–H groups in total. The van der Waals surface area contributed by atoms with Crippen LogP contribution in [0.15, 0.2) is 30.3 Å². The number of aliphatic carboxylic acids is 1. The van der Waals surface area contributed by atoms with Gasteiger partial charge in [-0.1, -0.05) is 37.3 Å². The fourth-order valence-electron chi connectivity index (χ4n) is 3.29. The molecule has 0 radical (unpaired) electrons. The molecule has 0 aliphatic carbocycles. The van der Waals surface area contributed by atoms with Crippen LogP contribution >= 0.6 is 0 Å². The van der Waals surface area contributed by atoms with Crippen LogP contribution in [0.2, 0.25) is 0 Å². The van der Waals surface area contributed by atoms with Crippen molar-refractivity contribution in [3.63, 3.8) is 0 Å². The summed E-state index contributed by atoms with van der Waals surface area (Å²) >= 11 is 0. The molecule has 0 unspecified atom stereocenters. The number of benzene rings is 1. The summed E-state index contributed by atoms with van der Waals surface area (Å²) in [5.41, 5.74) is 1.25. The first kappa shape index (κ1) is 18.5. The molecule has 1 aromatic carbocycles. The first-order chi connectivity index (χ1) is 11.5. The monoisotopic (exact) mass is 332 g/mol. The molecule has 2 atom stereocenters. The highest BCUT2D eigenvalue weighted by atomic mass is 16.4. The molecule has 24 heavy (non-hydrogen) atoms. The van der Waals surface area contributed by atoms with E-state index < -0.39 is 5.97 Å².